The first-order valence-corrected chi connectivity index (χ1v) is 11.7. The number of nitrogens with one attached hydrogen (secondary N) is 1. The van der Waals surface area contributed by atoms with Crippen molar-refractivity contribution in [2.24, 2.45) is 5.92 Å². The molecule has 162 valence electrons. The Morgan fingerprint density at radius 2 is 1.90 bits per heavy atom. The molecule has 0 aliphatic carbocycles. The van der Waals surface area contributed by atoms with Gasteiger partial charge in [0.1, 0.15) is 4.90 Å². The van der Waals surface area contributed by atoms with Crippen LogP contribution >= 0.6 is 23.2 Å². The molecule has 2 aromatic carbocycles. The highest BCUT2D eigenvalue weighted by Crippen LogP contribution is 2.31. The molecule has 0 unspecified atom stereocenters. The molecule has 0 bridgehead atoms. The Labute approximate surface area is 189 Å². The summed E-state index contributed by atoms with van der Waals surface area (Å²) in [5.74, 6) is -0.122. The second-order valence-corrected chi connectivity index (χ2v) is 9.82. The standard InChI is InChI=1S/C20H18Cl2N4O4S/c21-15-4-5-17(22)18(11-15)31(28,29)26-8-6-13(7-9-26)19(27)24-16-3-1-2-14(10-16)20-25-23-12-30-20/h1-5,10-13H,6-9H2,(H,24,27). The molecule has 1 fully saturated rings. The third kappa shape index (κ3) is 4.74. The van der Waals surface area contributed by atoms with E-state index in [1.807, 2.05) is 0 Å². The summed E-state index contributed by atoms with van der Waals surface area (Å²) in [6, 6.07) is 11.4. The van der Waals surface area contributed by atoms with E-state index < -0.39 is 10.0 Å². The number of carbonyl (C=O) groups is 1. The van der Waals surface area contributed by atoms with Crippen LogP contribution in [0.15, 0.2) is 58.2 Å². The van der Waals surface area contributed by atoms with Crippen molar-refractivity contribution in [3.8, 4) is 11.5 Å². The molecule has 3 aromatic rings. The summed E-state index contributed by atoms with van der Waals surface area (Å²) in [4.78, 5) is 12.7. The van der Waals surface area contributed by atoms with E-state index in [0.717, 1.165) is 0 Å². The summed E-state index contributed by atoms with van der Waals surface area (Å²) < 4.78 is 32.4. The van der Waals surface area contributed by atoms with Gasteiger partial charge in [0.25, 0.3) is 0 Å². The normalized spacial score (nSPS) is 15.7. The maximum Gasteiger partial charge on any atom is 0.247 e. The minimum Gasteiger partial charge on any atom is -0.423 e. The molecule has 0 radical (unpaired) electrons. The lowest BCUT2D eigenvalue weighted by atomic mass is 9.97. The number of amides is 1. The second kappa shape index (κ2) is 8.96. The lowest BCUT2D eigenvalue weighted by molar-refractivity contribution is -0.120. The van der Waals surface area contributed by atoms with Crippen molar-refractivity contribution < 1.29 is 17.6 Å². The lowest BCUT2D eigenvalue weighted by Crippen LogP contribution is -2.41. The average Bonchev–Trinajstić information content (AvgIpc) is 3.31. The van der Waals surface area contributed by atoms with Crippen LogP contribution in [-0.4, -0.2) is 41.9 Å². The molecule has 1 saturated heterocycles. The highest BCUT2D eigenvalue weighted by atomic mass is 35.5. The Kier molecular flexibility index (Phi) is 6.29. The fourth-order valence-corrected chi connectivity index (χ4v) is 5.65. The van der Waals surface area contributed by atoms with E-state index in [2.05, 4.69) is 15.5 Å². The van der Waals surface area contributed by atoms with E-state index in [1.165, 1.54) is 28.9 Å². The fourth-order valence-electron chi connectivity index (χ4n) is 3.45. The van der Waals surface area contributed by atoms with Crippen LogP contribution in [0.1, 0.15) is 12.8 Å². The zero-order chi connectivity index (χ0) is 22.0. The van der Waals surface area contributed by atoms with Gasteiger partial charge in [0.05, 0.1) is 5.02 Å². The summed E-state index contributed by atoms with van der Waals surface area (Å²) >= 11 is 12.0. The summed E-state index contributed by atoms with van der Waals surface area (Å²) in [6.45, 7) is 0.427. The molecular formula is C20H18Cl2N4O4S. The molecule has 1 N–H and O–H groups in total. The van der Waals surface area contributed by atoms with Gasteiger partial charge in [-0.05, 0) is 49.2 Å². The van der Waals surface area contributed by atoms with E-state index in [1.54, 1.807) is 24.3 Å². The Bertz CT molecular complexity index is 1190. The van der Waals surface area contributed by atoms with Crippen LogP contribution < -0.4 is 5.32 Å². The molecule has 1 aromatic heterocycles. The van der Waals surface area contributed by atoms with Crippen molar-refractivity contribution in [1.29, 1.82) is 0 Å². The van der Waals surface area contributed by atoms with Crippen LogP contribution in [0, 0.1) is 5.92 Å². The van der Waals surface area contributed by atoms with Crippen LogP contribution in [0.25, 0.3) is 11.5 Å². The molecule has 1 aliphatic rings. The molecule has 0 spiro atoms. The fraction of sp³-hybridized carbons (Fsp3) is 0.250. The average molecular weight is 481 g/mol. The Morgan fingerprint density at radius 1 is 1.13 bits per heavy atom. The SMILES string of the molecule is O=C(Nc1cccc(-c2nnco2)c1)C1CCN(S(=O)(=O)c2cc(Cl)ccc2Cl)CC1. The van der Waals surface area contributed by atoms with Gasteiger partial charge in [-0.15, -0.1) is 10.2 Å². The summed E-state index contributed by atoms with van der Waals surface area (Å²) in [5, 5.41) is 10.8. The number of halogens is 2. The van der Waals surface area contributed by atoms with Gasteiger partial charge in [-0.1, -0.05) is 29.3 Å². The van der Waals surface area contributed by atoms with E-state index in [4.69, 9.17) is 27.6 Å². The van der Waals surface area contributed by atoms with E-state index in [0.29, 0.717) is 35.0 Å². The molecule has 1 aliphatic heterocycles. The third-order valence-corrected chi connectivity index (χ3v) is 7.69. The quantitative estimate of drug-likeness (QED) is 0.589. The molecule has 2 heterocycles. The maximum absolute atomic E-state index is 12.9. The number of hydrogen-bond acceptors (Lipinski definition) is 6. The minimum absolute atomic E-state index is 0.0255. The molecule has 4 rings (SSSR count). The number of benzene rings is 2. The maximum atomic E-state index is 12.9. The predicted molar refractivity (Wildman–Crippen MR) is 116 cm³/mol. The molecule has 0 atom stereocenters. The smallest absolute Gasteiger partial charge is 0.247 e. The van der Waals surface area contributed by atoms with Gasteiger partial charge in [0.2, 0.25) is 28.2 Å². The van der Waals surface area contributed by atoms with Crippen LogP contribution in [0.5, 0.6) is 0 Å². The van der Waals surface area contributed by atoms with Crippen molar-refractivity contribution >= 4 is 44.8 Å². The van der Waals surface area contributed by atoms with E-state index >= 15 is 0 Å². The summed E-state index contributed by atoms with van der Waals surface area (Å²) in [6.07, 6.45) is 2.03. The van der Waals surface area contributed by atoms with Crippen molar-refractivity contribution in [2.45, 2.75) is 17.7 Å². The van der Waals surface area contributed by atoms with Gasteiger partial charge >= 0.3 is 0 Å². The topological polar surface area (TPSA) is 105 Å². The molecule has 0 saturated carbocycles. The number of hydrogen-bond donors (Lipinski definition) is 1. The number of nitrogens with zero attached hydrogens (tertiary/aromatic N) is 3. The van der Waals surface area contributed by atoms with Crippen LogP contribution in [0.4, 0.5) is 5.69 Å². The van der Waals surface area contributed by atoms with Crippen molar-refractivity contribution in [2.75, 3.05) is 18.4 Å². The van der Waals surface area contributed by atoms with Gasteiger partial charge in [0, 0.05) is 35.3 Å². The van der Waals surface area contributed by atoms with Crippen molar-refractivity contribution in [3.05, 3.63) is 58.9 Å². The first-order chi connectivity index (χ1) is 14.8. The molecule has 11 heteroatoms. The second-order valence-electron chi connectivity index (χ2n) is 7.07. The van der Waals surface area contributed by atoms with Crippen LogP contribution in [-0.2, 0) is 14.8 Å². The van der Waals surface area contributed by atoms with Gasteiger partial charge in [-0.3, -0.25) is 4.79 Å². The number of rotatable bonds is 5. The molecule has 8 nitrogen and oxygen atoms in total. The number of carbonyl (C=O) groups excluding carboxylic acids is 1. The number of sulfonamides is 1. The van der Waals surface area contributed by atoms with Gasteiger partial charge in [0.15, 0.2) is 0 Å². The van der Waals surface area contributed by atoms with Gasteiger partial charge < -0.3 is 9.73 Å². The zero-order valence-electron chi connectivity index (χ0n) is 16.2. The Hall–Kier alpha value is -2.46. The highest BCUT2D eigenvalue weighted by molar-refractivity contribution is 7.89. The monoisotopic (exact) mass is 480 g/mol. The Morgan fingerprint density at radius 3 is 2.61 bits per heavy atom. The van der Waals surface area contributed by atoms with Crippen molar-refractivity contribution in [3.63, 3.8) is 0 Å². The largest absolute Gasteiger partial charge is 0.423 e. The third-order valence-electron chi connectivity index (χ3n) is 5.07. The lowest BCUT2D eigenvalue weighted by Gasteiger charge is -2.30. The van der Waals surface area contributed by atoms with E-state index in [9.17, 15) is 13.2 Å². The minimum atomic E-state index is -3.79. The zero-order valence-corrected chi connectivity index (χ0v) is 18.5. The summed E-state index contributed by atoms with van der Waals surface area (Å²) in [5.41, 5.74) is 1.29. The first kappa shape index (κ1) is 21.8. The van der Waals surface area contributed by atoms with Crippen molar-refractivity contribution in [1.82, 2.24) is 14.5 Å². The van der Waals surface area contributed by atoms with Gasteiger partial charge in [-0.2, -0.15) is 4.31 Å². The number of anilines is 1. The number of piperidine rings is 1. The van der Waals surface area contributed by atoms with Crippen LogP contribution in [0.3, 0.4) is 0 Å². The molecular weight excluding hydrogens is 463 g/mol. The first-order valence-electron chi connectivity index (χ1n) is 9.47. The summed E-state index contributed by atoms with van der Waals surface area (Å²) in [7, 11) is -3.79. The number of aromatic nitrogens is 2. The van der Waals surface area contributed by atoms with Crippen LogP contribution in [0.2, 0.25) is 10.0 Å². The Balaban J connectivity index is 1.40. The molecule has 31 heavy (non-hydrogen) atoms. The highest BCUT2D eigenvalue weighted by Gasteiger charge is 2.33. The van der Waals surface area contributed by atoms with E-state index in [-0.39, 0.29) is 34.8 Å². The van der Waals surface area contributed by atoms with Gasteiger partial charge in [-0.25, -0.2) is 8.42 Å². The predicted octanol–water partition coefficient (Wildman–Crippen LogP) is 4.08. The molecule has 1 amide bonds.